The molecule has 0 aliphatic rings. The number of nitrogens with zero attached hydrogens (tertiary/aromatic N) is 4. The van der Waals surface area contributed by atoms with Gasteiger partial charge in [0.2, 0.25) is 5.95 Å². The van der Waals surface area contributed by atoms with Gasteiger partial charge in [-0.2, -0.15) is 0 Å². The van der Waals surface area contributed by atoms with Crippen molar-refractivity contribution < 1.29 is 0 Å². The average molecular weight is 795 g/mol. The summed E-state index contributed by atoms with van der Waals surface area (Å²) >= 11 is 1.71. The predicted molar refractivity (Wildman–Crippen MR) is 257 cm³/mol. The molecule has 0 aliphatic heterocycles. The Kier molecular flexibility index (Phi) is 7.44. The molecule has 4 nitrogen and oxygen atoms in total. The average Bonchev–Trinajstić information content (AvgIpc) is 4.01. The minimum atomic E-state index is 0.659. The van der Waals surface area contributed by atoms with Gasteiger partial charge in [-0.25, -0.2) is 9.97 Å². The van der Waals surface area contributed by atoms with Gasteiger partial charge in [0.05, 0.1) is 38.0 Å². The third kappa shape index (κ3) is 5.24. The molecule has 13 aromatic rings. The van der Waals surface area contributed by atoms with E-state index >= 15 is 0 Å². The van der Waals surface area contributed by atoms with E-state index in [0.717, 1.165) is 60.3 Å². The summed E-state index contributed by atoms with van der Waals surface area (Å²) in [7, 11) is 0. The highest BCUT2D eigenvalue weighted by molar-refractivity contribution is 7.18. The molecule has 0 fully saturated rings. The van der Waals surface area contributed by atoms with Crippen LogP contribution in [-0.4, -0.2) is 19.1 Å². The molecule has 284 valence electrons. The van der Waals surface area contributed by atoms with Gasteiger partial charge < -0.3 is 4.57 Å². The van der Waals surface area contributed by atoms with Gasteiger partial charge in [-0.15, -0.1) is 11.3 Å². The summed E-state index contributed by atoms with van der Waals surface area (Å²) in [6.45, 7) is 0. The first-order chi connectivity index (χ1) is 30.2. The quantitative estimate of drug-likeness (QED) is 0.174. The molecule has 9 aromatic carbocycles. The van der Waals surface area contributed by atoms with Gasteiger partial charge in [0, 0.05) is 43.7 Å². The van der Waals surface area contributed by atoms with Gasteiger partial charge in [-0.3, -0.25) is 4.57 Å². The van der Waals surface area contributed by atoms with Crippen LogP contribution in [0.25, 0.3) is 121 Å². The van der Waals surface area contributed by atoms with Crippen LogP contribution in [0.3, 0.4) is 0 Å². The summed E-state index contributed by atoms with van der Waals surface area (Å²) in [6.07, 6.45) is 0. The van der Waals surface area contributed by atoms with Crippen molar-refractivity contribution in [1.82, 2.24) is 19.1 Å². The molecule has 0 unspecified atom stereocenters. The van der Waals surface area contributed by atoms with Crippen LogP contribution in [-0.2, 0) is 0 Å². The molecule has 13 rings (SSSR count). The molecule has 0 spiro atoms. The Morgan fingerprint density at radius 3 is 1.72 bits per heavy atom. The van der Waals surface area contributed by atoms with Crippen molar-refractivity contribution >= 4 is 86.7 Å². The number of benzene rings is 9. The van der Waals surface area contributed by atoms with E-state index in [4.69, 9.17) is 9.97 Å². The zero-order valence-electron chi connectivity index (χ0n) is 32.8. The van der Waals surface area contributed by atoms with Crippen LogP contribution in [0, 0.1) is 0 Å². The SMILES string of the molecule is c1ccc(-c2csc3c(-c4ccccc4)nc(-n4c5ccc(-c6ccc7c(c6)c6c8ccccc8ccc6n7-c6ccccc6)cc5c5cc6ccccc6cc54)nc23)cc1. The van der Waals surface area contributed by atoms with E-state index < -0.39 is 0 Å². The van der Waals surface area contributed by atoms with Gasteiger partial charge in [0.25, 0.3) is 0 Å². The Morgan fingerprint density at radius 1 is 0.377 bits per heavy atom. The van der Waals surface area contributed by atoms with Gasteiger partial charge in [-0.05, 0) is 92.8 Å². The zero-order valence-corrected chi connectivity index (χ0v) is 33.6. The topological polar surface area (TPSA) is 35.6 Å². The summed E-state index contributed by atoms with van der Waals surface area (Å²) in [4.78, 5) is 10.9. The van der Waals surface area contributed by atoms with Crippen LogP contribution < -0.4 is 0 Å². The summed E-state index contributed by atoms with van der Waals surface area (Å²) in [5.41, 5.74) is 13.3. The van der Waals surface area contributed by atoms with Crippen LogP contribution in [0.5, 0.6) is 0 Å². The Hall–Kier alpha value is -7.86. The lowest BCUT2D eigenvalue weighted by Gasteiger charge is -2.11. The Labute approximate surface area is 354 Å². The lowest BCUT2D eigenvalue weighted by molar-refractivity contribution is 1.02. The monoisotopic (exact) mass is 794 g/mol. The Balaban J connectivity index is 1.08. The predicted octanol–water partition coefficient (Wildman–Crippen LogP) is 15.2. The van der Waals surface area contributed by atoms with Gasteiger partial charge in [0.1, 0.15) is 0 Å². The van der Waals surface area contributed by atoms with Crippen LogP contribution in [0.1, 0.15) is 0 Å². The maximum Gasteiger partial charge on any atom is 0.235 e. The smallest absolute Gasteiger partial charge is 0.235 e. The van der Waals surface area contributed by atoms with E-state index in [1.165, 1.54) is 54.3 Å². The second-order valence-corrected chi connectivity index (χ2v) is 16.7. The first kappa shape index (κ1) is 34.0. The Bertz CT molecular complexity index is 3860. The van der Waals surface area contributed by atoms with Crippen molar-refractivity contribution in [2.75, 3.05) is 0 Å². The van der Waals surface area contributed by atoms with Crippen molar-refractivity contribution in [3.63, 3.8) is 0 Å². The first-order valence-corrected chi connectivity index (χ1v) is 21.5. The van der Waals surface area contributed by atoms with E-state index in [1.54, 1.807) is 11.3 Å². The fourth-order valence-corrected chi connectivity index (χ4v) is 10.6. The Morgan fingerprint density at radius 2 is 0.967 bits per heavy atom. The van der Waals surface area contributed by atoms with Crippen LogP contribution in [0.4, 0.5) is 0 Å². The fraction of sp³-hybridized carbons (Fsp3) is 0. The molecule has 0 atom stereocenters. The van der Waals surface area contributed by atoms with Crippen molar-refractivity contribution in [2.45, 2.75) is 0 Å². The lowest BCUT2D eigenvalue weighted by atomic mass is 9.98. The molecule has 4 aromatic heterocycles. The van der Waals surface area contributed by atoms with Crippen molar-refractivity contribution in [2.24, 2.45) is 0 Å². The molecule has 0 aliphatic carbocycles. The largest absolute Gasteiger partial charge is 0.309 e. The molecule has 0 saturated heterocycles. The van der Waals surface area contributed by atoms with Crippen molar-refractivity contribution in [1.29, 1.82) is 0 Å². The van der Waals surface area contributed by atoms with E-state index in [1.807, 2.05) is 0 Å². The second kappa shape index (κ2) is 13.3. The molecular weight excluding hydrogens is 761 g/mol. The number of para-hydroxylation sites is 1. The minimum Gasteiger partial charge on any atom is -0.309 e. The van der Waals surface area contributed by atoms with Crippen LogP contribution in [0.2, 0.25) is 0 Å². The minimum absolute atomic E-state index is 0.659. The van der Waals surface area contributed by atoms with Crippen molar-refractivity contribution in [3.05, 3.63) is 206 Å². The number of thiophene rings is 1. The molecule has 0 bridgehead atoms. The summed E-state index contributed by atoms with van der Waals surface area (Å²) < 4.78 is 5.77. The first-order valence-electron chi connectivity index (χ1n) is 20.6. The number of hydrogen-bond donors (Lipinski definition) is 0. The fourth-order valence-electron chi connectivity index (χ4n) is 9.55. The summed E-state index contributed by atoms with van der Waals surface area (Å²) in [5.74, 6) is 0.659. The maximum absolute atomic E-state index is 5.48. The standard InChI is InChI=1S/C56H34N4S/c1-4-14-35(15-5-1)47-34-61-55-53(37-17-6-2-7-18-37)57-56(58-54(47)55)60-48-27-25-40(31-44(48)45-30-38-19-10-11-20-39(38)33-51(45)60)41-26-28-49-46(32-41)52-43-23-13-12-16-36(43)24-29-50(52)59(49)42-21-8-3-9-22-42/h1-34H. The number of fused-ring (bicyclic) bond motifs is 10. The van der Waals surface area contributed by atoms with E-state index in [2.05, 4.69) is 215 Å². The third-order valence-corrected chi connectivity index (χ3v) is 13.3. The lowest BCUT2D eigenvalue weighted by Crippen LogP contribution is -2.03. The van der Waals surface area contributed by atoms with E-state index in [0.29, 0.717) is 5.95 Å². The molecule has 0 N–H and O–H groups in total. The summed E-state index contributed by atoms with van der Waals surface area (Å²) in [6, 6.07) is 72.2. The molecule has 5 heteroatoms. The van der Waals surface area contributed by atoms with Crippen LogP contribution in [0.15, 0.2) is 206 Å². The molecule has 4 heterocycles. The molecule has 0 amide bonds. The van der Waals surface area contributed by atoms with Gasteiger partial charge in [0.15, 0.2) is 0 Å². The number of hydrogen-bond acceptors (Lipinski definition) is 3. The zero-order chi connectivity index (χ0) is 40.0. The normalized spacial score (nSPS) is 11.9. The molecule has 0 radical (unpaired) electrons. The van der Waals surface area contributed by atoms with Crippen LogP contribution >= 0.6 is 11.3 Å². The van der Waals surface area contributed by atoms with E-state index in [9.17, 15) is 0 Å². The highest BCUT2D eigenvalue weighted by atomic mass is 32.1. The van der Waals surface area contributed by atoms with E-state index in [-0.39, 0.29) is 0 Å². The third-order valence-electron chi connectivity index (χ3n) is 12.4. The highest BCUT2D eigenvalue weighted by Crippen LogP contribution is 2.43. The van der Waals surface area contributed by atoms with Gasteiger partial charge >= 0.3 is 0 Å². The number of rotatable bonds is 5. The second-order valence-electron chi connectivity index (χ2n) is 15.8. The molecule has 61 heavy (non-hydrogen) atoms. The summed E-state index contributed by atoms with van der Waals surface area (Å²) in [5, 5.41) is 11.9. The number of aromatic nitrogens is 4. The maximum atomic E-state index is 5.48. The highest BCUT2D eigenvalue weighted by Gasteiger charge is 2.22. The van der Waals surface area contributed by atoms with Gasteiger partial charge in [-0.1, -0.05) is 146 Å². The molecule has 0 saturated carbocycles. The molecular formula is C56H34N4S. The van der Waals surface area contributed by atoms with Crippen molar-refractivity contribution in [3.8, 4) is 45.1 Å².